The zero-order valence-corrected chi connectivity index (χ0v) is 13.1. The number of nitrogens with two attached hydrogens (primary N) is 1. The van der Waals surface area contributed by atoms with Crippen LogP contribution in [0.5, 0.6) is 0 Å². The van der Waals surface area contributed by atoms with Gasteiger partial charge in [0.05, 0.1) is 0 Å². The van der Waals surface area contributed by atoms with Crippen molar-refractivity contribution in [3.63, 3.8) is 0 Å². The SMILES string of the molecule is CCN1CCN(CC(C)C(N)c2ccccc2)CC1C. The van der Waals surface area contributed by atoms with Gasteiger partial charge in [0.15, 0.2) is 0 Å². The first-order valence-corrected chi connectivity index (χ1v) is 7.88. The number of rotatable bonds is 5. The molecule has 0 amide bonds. The maximum Gasteiger partial charge on any atom is 0.0333 e. The molecule has 1 heterocycles. The van der Waals surface area contributed by atoms with Crippen LogP contribution >= 0.6 is 0 Å². The minimum absolute atomic E-state index is 0.135. The Morgan fingerprint density at radius 3 is 2.55 bits per heavy atom. The smallest absolute Gasteiger partial charge is 0.0333 e. The Morgan fingerprint density at radius 2 is 1.95 bits per heavy atom. The Labute approximate surface area is 123 Å². The highest BCUT2D eigenvalue weighted by molar-refractivity contribution is 5.19. The molecule has 0 aliphatic carbocycles. The van der Waals surface area contributed by atoms with Gasteiger partial charge in [0.25, 0.3) is 0 Å². The molecular weight excluding hydrogens is 246 g/mol. The van der Waals surface area contributed by atoms with Crippen molar-refractivity contribution in [1.82, 2.24) is 9.80 Å². The van der Waals surface area contributed by atoms with Crippen molar-refractivity contribution >= 4 is 0 Å². The zero-order valence-electron chi connectivity index (χ0n) is 13.1. The Kier molecular flexibility index (Phi) is 5.58. The van der Waals surface area contributed by atoms with E-state index in [9.17, 15) is 0 Å². The van der Waals surface area contributed by atoms with E-state index in [0.29, 0.717) is 12.0 Å². The second-order valence-electron chi connectivity index (χ2n) is 6.15. The van der Waals surface area contributed by atoms with Crippen LogP contribution in [0.25, 0.3) is 0 Å². The van der Waals surface area contributed by atoms with Crippen LogP contribution in [-0.4, -0.2) is 48.6 Å². The average molecular weight is 275 g/mol. The van der Waals surface area contributed by atoms with Gasteiger partial charge in [-0.25, -0.2) is 0 Å². The zero-order chi connectivity index (χ0) is 14.5. The van der Waals surface area contributed by atoms with E-state index in [0.717, 1.165) is 13.1 Å². The third-order valence-corrected chi connectivity index (χ3v) is 4.60. The molecule has 2 rings (SSSR count). The van der Waals surface area contributed by atoms with E-state index in [1.165, 1.54) is 25.2 Å². The van der Waals surface area contributed by atoms with Crippen molar-refractivity contribution in [2.45, 2.75) is 32.9 Å². The molecule has 3 heteroatoms. The highest BCUT2D eigenvalue weighted by Gasteiger charge is 2.25. The van der Waals surface area contributed by atoms with Gasteiger partial charge in [-0.1, -0.05) is 44.2 Å². The lowest BCUT2D eigenvalue weighted by Gasteiger charge is -2.40. The molecule has 0 aromatic heterocycles. The minimum atomic E-state index is 0.135. The van der Waals surface area contributed by atoms with Gasteiger partial charge in [0.1, 0.15) is 0 Å². The maximum atomic E-state index is 6.41. The summed E-state index contributed by atoms with van der Waals surface area (Å²) < 4.78 is 0. The maximum absolute atomic E-state index is 6.41. The molecule has 20 heavy (non-hydrogen) atoms. The van der Waals surface area contributed by atoms with E-state index in [-0.39, 0.29) is 6.04 Å². The van der Waals surface area contributed by atoms with Crippen molar-refractivity contribution in [2.75, 3.05) is 32.7 Å². The van der Waals surface area contributed by atoms with Gasteiger partial charge < -0.3 is 10.6 Å². The molecule has 0 spiro atoms. The van der Waals surface area contributed by atoms with Crippen LogP contribution in [0.1, 0.15) is 32.4 Å². The van der Waals surface area contributed by atoms with Gasteiger partial charge >= 0.3 is 0 Å². The molecule has 1 fully saturated rings. The lowest BCUT2D eigenvalue weighted by Crippen LogP contribution is -2.52. The summed E-state index contributed by atoms with van der Waals surface area (Å²) in [6.07, 6.45) is 0. The lowest BCUT2D eigenvalue weighted by molar-refractivity contribution is 0.0760. The quantitative estimate of drug-likeness (QED) is 0.895. The number of hydrogen-bond acceptors (Lipinski definition) is 3. The molecule has 1 aliphatic rings. The topological polar surface area (TPSA) is 32.5 Å². The summed E-state index contributed by atoms with van der Waals surface area (Å²) >= 11 is 0. The Morgan fingerprint density at radius 1 is 1.25 bits per heavy atom. The molecule has 3 nitrogen and oxygen atoms in total. The summed E-state index contributed by atoms with van der Waals surface area (Å²) in [5.74, 6) is 0.484. The summed E-state index contributed by atoms with van der Waals surface area (Å²) in [6.45, 7) is 12.6. The van der Waals surface area contributed by atoms with Gasteiger partial charge in [-0.2, -0.15) is 0 Å². The number of hydrogen-bond donors (Lipinski definition) is 1. The third kappa shape index (κ3) is 3.81. The number of piperazine rings is 1. The fourth-order valence-electron chi connectivity index (χ4n) is 3.23. The van der Waals surface area contributed by atoms with E-state index < -0.39 is 0 Å². The van der Waals surface area contributed by atoms with Crippen LogP contribution in [0.15, 0.2) is 30.3 Å². The first-order valence-electron chi connectivity index (χ1n) is 7.88. The van der Waals surface area contributed by atoms with Crippen molar-refractivity contribution in [3.8, 4) is 0 Å². The monoisotopic (exact) mass is 275 g/mol. The summed E-state index contributed by atoms with van der Waals surface area (Å²) in [4.78, 5) is 5.13. The van der Waals surface area contributed by atoms with Crippen molar-refractivity contribution in [3.05, 3.63) is 35.9 Å². The molecule has 1 aliphatic heterocycles. The van der Waals surface area contributed by atoms with Crippen LogP contribution in [0, 0.1) is 5.92 Å². The van der Waals surface area contributed by atoms with Crippen LogP contribution in [-0.2, 0) is 0 Å². The predicted octanol–water partition coefficient (Wildman–Crippen LogP) is 2.35. The second-order valence-corrected chi connectivity index (χ2v) is 6.15. The minimum Gasteiger partial charge on any atom is -0.324 e. The largest absolute Gasteiger partial charge is 0.324 e. The number of benzene rings is 1. The Bertz CT molecular complexity index is 392. The molecule has 0 bridgehead atoms. The van der Waals surface area contributed by atoms with Crippen molar-refractivity contribution in [1.29, 1.82) is 0 Å². The van der Waals surface area contributed by atoms with E-state index in [1.807, 2.05) is 6.07 Å². The first-order chi connectivity index (χ1) is 9.61. The van der Waals surface area contributed by atoms with E-state index in [1.54, 1.807) is 0 Å². The first kappa shape index (κ1) is 15.5. The highest BCUT2D eigenvalue weighted by atomic mass is 15.3. The predicted molar refractivity (Wildman–Crippen MR) is 85.7 cm³/mol. The molecule has 3 unspecified atom stereocenters. The van der Waals surface area contributed by atoms with Crippen LogP contribution in [0.4, 0.5) is 0 Å². The van der Waals surface area contributed by atoms with Gasteiger partial charge in [0, 0.05) is 38.3 Å². The second kappa shape index (κ2) is 7.21. The van der Waals surface area contributed by atoms with Gasteiger partial charge in [-0.05, 0) is 24.9 Å². The summed E-state index contributed by atoms with van der Waals surface area (Å²) in [5, 5.41) is 0. The fourth-order valence-corrected chi connectivity index (χ4v) is 3.23. The molecule has 2 N–H and O–H groups in total. The Balaban J connectivity index is 1.87. The molecule has 3 atom stereocenters. The Hall–Kier alpha value is -0.900. The molecular formula is C17H29N3. The fraction of sp³-hybridized carbons (Fsp3) is 0.647. The summed E-state index contributed by atoms with van der Waals surface area (Å²) in [5.41, 5.74) is 7.66. The summed E-state index contributed by atoms with van der Waals surface area (Å²) in [7, 11) is 0. The molecule has 1 aromatic rings. The molecule has 1 saturated heterocycles. The van der Waals surface area contributed by atoms with Gasteiger partial charge in [0.2, 0.25) is 0 Å². The molecule has 0 saturated carbocycles. The normalized spacial score (nSPS) is 24.5. The van der Waals surface area contributed by atoms with Crippen LogP contribution in [0.3, 0.4) is 0 Å². The molecule has 0 radical (unpaired) electrons. The van der Waals surface area contributed by atoms with Gasteiger partial charge in [-0.3, -0.25) is 4.90 Å². The van der Waals surface area contributed by atoms with Crippen LogP contribution < -0.4 is 5.73 Å². The molecule has 112 valence electrons. The third-order valence-electron chi connectivity index (χ3n) is 4.60. The van der Waals surface area contributed by atoms with Crippen molar-refractivity contribution < 1.29 is 0 Å². The number of likely N-dealkylation sites (N-methyl/N-ethyl adjacent to an activating group) is 1. The van der Waals surface area contributed by atoms with Crippen LogP contribution in [0.2, 0.25) is 0 Å². The van der Waals surface area contributed by atoms with E-state index in [4.69, 9.17) is 5.73 Å². The highest BCUT2D eigenvalue weighted by Crippen LogP contribution is 2.21. The van der Waals surface area contributed by atoms with Crippen molar-refractivity contribution in [2.24, 2.45) is 11.7 Å². The molecule has 1 aromatic carbocycles. The number of nitrogens with zero attached hydrogens (tertiary/aromatic N) is 2. The van der Waals surface area contributed by atoms with E-state index >= 15 is 0 Å². The lowest BCUT2D eigenvalue weighted by atomic mass is 9.94. The van der Waals surface area contributed by atoms with Gasteiger partial charge in [-0.15, -0.1) is 0 Å². The van der Waals surface area contributed by atoms with E-state index in [2.05, 4.69) is 54.8 Å². The summed E-state index contributed by atoms with van der Waals surface area (Å²) in [6, 6.07) is 11.3. The average Bonchev–Trinajstić information content (AvgIpc) is 2.47. The standard InChI is InChI=1S/C17H29N3/c1-4-20-11-10-19(13-15(20)3)12-14(2)17(18)16-8-6-5-7-9-16/h5-9,14-15,17H,4,10-13,18H2,1-3H3.